The first-order valence-corrected chi connectivity index (χ1v) is 21.9. The summed E-state index contributed by atoms with van der Waals surface area (Å²) in [6.07, 6.45) is 32.2. The van der Waals surface area contributed by atoms with Crippen molar-refractivity contribution in [1.82, 2.24) is 4.90 Å². The molecule has 0 N–H and O–H groups in total. The maximum absolute atomic E-state index is 12.2. The molecule has 0 aromatic carbocycles. The van der Waals surface area contributed by atoms with Crippen molar-refractivity contribution in [2.45, 2.75) is 215 Å². The molecule has 0 heterocycles. The summed E-state index contributed by atoms with van der Waals surface area (Å²) >= 11 is 0. The molecule has 5 nitrogen and oxygen atoms in total. The Hall–Kier alpha value is -1.10. The highest BCUT2D eigenvalue weighted by atomic mass is 16.5. The van der Waals surface area contributed by atoms with Crippen molar-refractivity contribution < 1.29 is 19.1 Å². The zero-order valence-corrected chi connectivity index (χ0v) is 35.2. The lowest BCUT2D eigenvalue weighted by Crippen LogP contribution is -2.12. The average molecular weight is 708 g/mol. The maximum atomic E-state index is 12.2. The first-order valence-electron chi connectivity index (χ1n) is 21.9. The van der Waals surface area contributed by atoms with E-state index in [1.54, 1.807) is 0 Å². The lowest BCUT2D eigenvalue weighted by molar-refractivity contribution is -0.145. The fourth-order valence-electron chi connectivity index (χ4n) is 7.04. The summed E-state index contributed by atoms with van der Waals surface area (Å²) in [4.78, 5) is 26.6. The quantitative estimate of drug-likeness (QED) is 0.0475. The van der Waals surface area contributed by atoms with Crippen LogP contribution < -0.4 is 0 Å². The highest BCUT2D eigenvalue weighted by Crippen LogP contribution is 2.25. The second-order valence-electron chi connectivity index (χ2n) is 17.4. The number of hydrogen-bond donors (Lipinski definition) is 0. The van der Waals surface area contributed by atoms with Gasteiger partial charge >= 0.3 is 11.9 Å². The van der Waals surface area contributed by atoms with Crippen LogP contribution in [0.3, 0.4) is 0 Å². The van der Waals surface area contributed by atoms with E-state index in [4.69, 9.17) is 9.47 Å². The number of esters is 2. The Balaban J connectivity index is 4.08. The van der Waals surface area contributed by atoms with Crippen LogP contribution in [0.1, 0.15) is 215 Å². The molecule has 0 bridgehead atoms. The van der Waals surface area contributed by atoms with Gasteiger partial charge in [0, 0.05) is 12.8 Å². The molecule has 0 aliphatic carbocycles. The minimum Gasteiger partial charge on any atom is -0.466 e. The van der Waals surface area contributed by atoms with Crippen molar-refractivity contribution in [3.05, 3.63) is 0 Å². The molecule has 0 rings (SSSR count). The summed E-state index contributed by atoms with van der Waals surface area (Å²) in [6.45, 7) is 16.1. The largest absolute Gasteiger partial charge is 0.466 e. The van der Waals surface area contributed by atoms with E-state index in [0.717, 1.165) is 56.3 Å². The number of rotatable bonds is 37. The van der Waals surface area contributed by atoms with E-state index in [1.807, 2.05) is 0 Å². The van der Waals surface area contributed by atoms with Crippen molar-refractivity contribution >= 4 is 11.9 Å². The standard InChI is InChI=1S/C45H89NO4/c1-39(2)25-23-27-41(5)34-37-49-44(47)32-20-13-9-11-17-29-43(31-19-15-16-22-36-46(7)8)30-18-12-10-14-21-33-45(48)50-38-35-42(6)28-24-26-40(3)4/h39-43H,9-38H2,1-8H3. The first kappa shape index (κ1) is 48.9. The third-order valence-corrected chi connectivity index (χ3v) is 10.7. The van der Waals surface area contributed by atoms with Crippen LogP contribution >= 0.6 is 0 Å². The number of nitrogens with zero attached hydrogens (tertiary/aromatic N) is 1. The molecule has 0 aromatic rings. The van der Waals surface area contributed by atoms with Gasteiger partial charge in [-0.25, -0.2) is 0 Å². The van der Waals surface area contributed by atoms with Crippen LogP contribution in [0.2, 0.25) is 0 Å². The Labute approximate surface area is 313 Å². The van der Waals surface area contributed by atoms with Crippen molar-refractivity contribution in [3.8, 4) is 0 Å². The molecule has 0 aromatic heterocycles. The van der Waals surface area contributed by atoms with E-state index in [-0.39, 0.29) is 11.9 Å². The lowest BCUT2D eigenvalue weighted by atomic mass is 9.89. The molecular weight excluding hydrogens is 618 g/mol. The van der Waals surface area contributed by atoms with E-state index in [1.165, 1.54) is 129 Å². The zero-order valence-electron chi connectivity index (χ0n) is 35.2. The average Bonchev–Trinajstić information content (AvgIpc) is 3.04. The molecule has 0 saturated heterocycles. The number of hydrogen-bond acceptors (Lipinski definition) is 5. The normalized spacial score (nSPS) is 13.7. The van der Waals surface area contributed by atoms with Gasteiger partial charge in [-0.1, -0.05) is 170 Å². The second-order valence-corrected chi connectivity index (χ2v) is 17.4. The van der Waals surface area contributed by atoms with Crippen LogP contribution in [-0.4, -0.2) is 50.7 Å². The summed E-state index contributed by atoms with van der Waals surface area (Å²) in [7, 11) is 4.34. The highest BCUT2D eigenvalue weighted by Gasteiger charge is 2.11. The molecule has 50 heavy (non-hydrogen) atoms. The Morgan fingerprint density at radius 2 is 0.780 bits per heavy atom. The molecule has 0 aliphatic heterocycles. The molecule has 2 atom stereocenters. The van der Waals surface area contributed by atoms with Gasteiger partial charge in [0.1, 0.15) is 0 Å². The maximum Gasteiger partial charge on any atom is 0.305 e. The molecule has 298 valence electrons. The van der Waals surface area contributed by atoms with E-state index >= 15 is 0 Å². The summed E-state index contributed by atoms with van der Waals surface area (Å²) in [6, 6.07) is 0. The number of ether oxygens (including phenoxy) is 2. The van der Waals surface area contributed by atoms with Gasteiger partial charge in [0.05, 0.1) is 13.2 Å². The van der Waals surface area contributed by atoms with Crippen LogP contribution in [0.15, 0.2) is 0 Å². The topological polar surface area (TPSA) is 55.8 Å². The molecular formula is C45H89NO4. The van der Waals surface area contributed by atoms with Gasteiger partial charge in [0.25, 0.3) is 0 Å². The Bertz CT molecular complexity index is 699. The minimum absolute atomic E-state index is 0.00197. The van der Waals surface area contributed by atoms with E-state index in [0.29, 0.717) is 37.9 Å². The van der Waals surface area contributed by atoms with Crippen LogP contribution in [0.5, 0.6) is 0 Å². The molecule has 0 fully saturated rings. The lowest BCUT2D eigenvalue weighted by Gasteiger charge is -2.17. The van der Waals surface area contributed by atoms with Crippen LogP contribution in [0.4, 0.5) is 0 Å². The summed E-state index contributed by atoms with van der Waals surface area (Å²) < 4.78 is 11.1. The van der Waals surface area contributed by atoms with E-state index in [2.05, 4.69) is 60.5 Å². The Morgan fingerprint density at radius 3 is 1.16 bits per heavy atom. The molecule has 0 radical (unpaired) electrons. The number of carbonyl (C=O) groups excluding carboxylic acids is 2. The van der Waals surface area contributed by atoms with Gasteiger partial charge in [0.15, 0.2) is 0 Å². The predicted molar refractivity (Wildman–Crippen MR) is 217 cm³/mol. The van der Waals surface area contributed by atoms with Crippen molar-refractivity contribution in [2.75, 3.05) is 33.9 Å². The fourth-order valence-corrected chi connectivity index (χ4v) is 7.04. The van der Waals surface area contributed by atoms with Crippen molar-refractivity contribution in [3.63, 3.8) is 0 Å². The fraction of sp³-hybridized carbons (Fsp3) is 0.956. The molecule has 2 unspecified atom stereocenters. The smallest absolute Gasteiger partial charge is 0.305 e. The molecule has 0 saturated carbocycles. The molecule has 0 spiro atoms. The summed E-state index contributed by atoms with van der Waals surface area (Å²) in [5.74, 6) is 3.69. The third-order valence-electron chi connectivity index (χ3n) is 10.7. The van der Waals surface area contributed by atoms with E-state index < -0.39 is 0 Å². The van der Waals surface area contributed by atoms with Crippen LogP contribution in [0, 0.1) is 29.6 Å². The van der Waals surface area contributed by atoms with Crippen LogP contribution in [-0.2, 0) is 19.1 Å². The van der Waals surface area contributed by atoms with Gasteiger partial charge in [-0.05, 0) is 82.3 Å². The SMILES string of the molecule is CC(C)CCCC(C)CCOC(=O)CCCCCCCC(CCCCCCCC(=O)OCCC(C)CCCC(C)C)CCCCCCN(C)C. The summed E-state index contributed by atoms with van der Waals surface area (Å²) in [5.41, 5.74) is 0. The van der Waals surface area contributed by atoms with Gasteiger partial charge in [-0.3, -0.25) is 9.59 Å². The monoisotopic (exact) mass is 708 g/mol. The summed E-state index contributed by atoms with van der Waals surface area (Å²) in [5, 5.41) is 0. The van der Waals surface area contributed by atoms with Gasteiger partial charge in [0.2, 0.25) is 0 Å². The third kappa shape index (κ3) is 36.7. The van der Waals surface area contributed by atoms with Gasteiger partial charge < -0.3 is 14.4 Å². The van der Waals surface area contributed by atoms with Crippen LogP contribution in [0.25, 0.3) is 0 Å². The second kappa shape index (κ2) is 35.0. The van der Waals surface area contributed by atoms with Gasteiger partial charge in [-0.15, -0.1) is 0 Å². The minimum atomic E-state index is -0.00197. The van der Waals surface area contributed by atoms with Crippen molar-refractivity contribution in [2.24, 2.45) is 29.6 Å². The molecule has 0 aliphatic rings. The Morgan fingerprint density at radius 1 is 0.420 bits per heavy atom. The molecule has 0 amide bonds. The molecule has 5 heteroatoms. The van der Waals surface area contributed by atoms with Crippen molar-refractivity contribution in [1.29, 1.82) is 0 Å². The van der Waals surface area contributed by atoms with E-state index in [9.17, 15) is 9.59 Å². The predicted octanol–water partition coefficient (Wildman–Crippen LogP) is 13.4. The zero-order chi connectivity index (χ0) is 37.2. The number of unbranched alkanes of at least 4 members (excludes halogenated alkanes) is 11. The Kier molecular flexibility index (Phi) is 34.2. The highest BCUT2D eigenvalue weighted by molar-refractivity contribution is 5.69. The van der Waals surface area contributed by atoms with Gasteiger partial charge in [-0.2, -0.15) is 0 Å². The first-order chi connectivity index (χ1) is 24.0. The number of carbonyl (C=O) groups is 2.